The summed E-state index contributed by atoms with van der Waals surface area (Å²) in [6.45, 7) is 0. The Bertz CT molecular complexity index is 663. The molecule has 0 saturated heterocycles. The van der Waals surface area contributed by atoms with E-state index in [0.29, 0.717) is 0 Å². The SMILES string of the molecule is O=C(O)c1ccc(S(=O)(=O)c2ccccc2)nc1. The zero-order valence-electron chi connectivity index (χ0n) is 9.15. The average molecular weight is 263 g/mol. The molecule has 92 valence electrons. The highest BCUT2D eigenvalue weighted by atomic mass is 32.2. The van der Waals surface area contributed by atoms with Gasteiger partial charge in [-0.3, -0.25) is 0 Å². The summed E-state index contributed by atoms with van der Waals surface area (Å²) in [5, 5.41) is 8.54. The Kier molecular flexibility index (Phi) is 3.12. The number of nitrogens with zero attached hydrogens (tertiary/aromatic N) is 1. The third-order valence-electron chi connectivity index (χ3n) is 2.31. The van der Waals surface area contributed by atoms with Crippen LogP contribution in [0.3, 0.4) is 0 Å². The number of carboxylic acids is 1. The molecule has 1 aromatic carbocycles. The molecule has 0 aliphatic heterocycles. The van der Waals surface area contributed by atoms with Gasteiger partial charge in [-0.2, -0.15) is 0 Å². The van der Waals surface area contributed by atoms with Gasteiger partial charge in [0, 0.05) is 6.20 Å². The van der Waals surface area contributed by atoms with Crippen molar-refractivity contribution in [2.75, 3.05) is 0 Å². The number of sulfone groups is 1. The third-order valence-corrected chi connectivity index (χ3v) is 4.00. The van der Waals surface area contributed by atoms with Crippen LogP contribution in [0.2, 0.25) is 0 Å². The van der Waals surface area contributed by atoms with Crippen LogP contribution in [0.25, 0.3) is 0 Å². The largest absolute Gasteiger partial charge is 0.478 e. The van der Waals surface area contributed by atoms with Gasteiger partial charge in [0.2, 0.25) is 9.84 Å². The fraction of sp³-hybridized carbons (Fsp3) is 0. The van der Waals surface area contributed by atoms with Crippen LogP contribution in [0, 0.1) is 0 Å². The second kappa shape index (κ2) is 4.58. The predicted molar refractivity (Wildman–Crippen MR) is 63.1 cm³/mol. The van der Waals surface area contributed by atoms with Gasteiger partial charge < -0.3 is 5.11 Å². The number of carboxylic acid groups (broad SMARTS) is 1. The van der Waals surface area contributed by atoms with Crippen molar-refractivity contribution in [1.82, 2.24) is 4.98 Å². The van der Waals surface area contributed by atoms with Gasteiger partial charge in [-0.25, -0.2) is 18.2 Å². The maximum absolute atomic E-state index is 12.1. The Hall–Kier alpha value is -2.21. The zero-order chi connectivity index (χ0) is 13.2. The van der Waals surface area contributed by atoms with Crippen LogP contribution >= 0.6 is 0 Å². The van der Waals surface area contributed by atoms with E-state index in [4.69, 9.17) is 5.11 Å². The van der Waals surface area contributed by atoms with Crippen molar-refractivity contribution in [3.8, 4) is 0 Å². The van der Waals surface area contributed by atoms with Crippen LogP contribution < -0.4 is 0 Å². The minimum absolute atomic E-state index is 0.0537. The molecule has 0 saturated carbocycles. The van der Waals surface area contributed by atoms with Crippen LogP contribution in [0.1, 0.15) is 10.4 Å². The number of hydrogen-bond donors (Lipinski definition) is 1. The lowest BCUT2D eigenvalue weighted by atomic mass is 10.3. The normalized spacial score (nSPS) is 11.1. The minimum Gasteiger partial charge on any atom is -0.478 e. The van der Waals surface area contributed by atoms with E-state index in [9.17, 15) is 13.2 Å². The molecular formula is C12H9NO4S. The summed E-state index contributed by atoms with van der Waals surface area (Å²) >= 11 is 0. The highest BCUT2D eigenvalue weighted by molar-refractivity contribution is 7.91. The quantitative estimate of drug-likeness (QED) is 0.909. The van der Waals surface area contributed by atoms with Crippen molar-refractivity contribution in [2.24, 2.45) is 0 Å². The standard InChI is InChI=1S/C12H9NO4S/c14-12(15)9-6-7-11(13-8-9)18(16,17)10-4-2-1-3-5-10/h1-8H,(H,14,15). The van der Waals surface area contributed by atoms with Gasteiger partial charge in [0.1, 0.15) is 0 Å². The van der Waals surface area contributed by atoms with Crippen molar-refractivity contribution in [3.63, 3.8) is 0 Å². The monoisotopic (exact) mass is 263 g/mol. The van der Waals surface area contributed by atoms with E-state index in [0.717, 1.165) is 6.20 Å². The van der Waals surface area contributed by atoms with Crippen LogP contribution in [-0.2, 0) is 9.84 Å². The zero-order valence-corrected chi connectivity index (χ0v) is 9.96. The average Bonchev–Trinajstić information content (AvgIpc) is 2.40. The second-order valence-corrected chi connectivity index (χ2v) is 5.40. The molecule has 0 radical (unpaired) electrons. The first-order valence-electron chi connectivity index (χ1n) is 5.01. The van der Waals surface area contributed by atoms with Gasteiger partial charge in [0.25, 0.3) is 0 Å². The van der Waals surface area contributed by atoms with Crippen molar-refractivity contribution in [3.05, 3.63) is 54.2 Å². The highest BCUT2D eigenvalue weighted by Crippen LogP contribution is 2.18. The van der Waals surface area contributed by atoms with Gasteiger partial charge in [0.05, 0.1) is 10.5 Å². The molecule has 6 heteroatoms. The molecule has 0 amide bonds. The maximum Gasteiger partial charge on any atom is 0.337 e. The van der Waals surface area contributed by atoms with Crippen molar-refractivity contribution >= 4 is 15.8 Å². The van der Waals surface area contributed by atoms with E-state index in [1.165, 1.54) is 24.3 Å². The molecule has 0 unspecified atom stereocenters. The third kappa shape index (κ3) is 2.23. The first-order valence-corrected chi connectivity index (χ1v) is 6.49. The number of carbonyl (C=O) groups is 1. The number of aromatic carboxylic acids is 1. The molecule has 0 aliphatic carbocycles. The first kappa shape index (κ1) is 12.3. The van der Waals surface area contributed by atoms with E-state index in [1.807, 2.05) is 0 Å². The summed E-state index contributed by atoms with van der Waals surface area (Å²) in [7, 11) is -3.69. The minimum atomic E-state index is -3.69. The van der Waals surface area contributed by atoms with Crippen LogP contribution in [0.15, 0.2) is 58.6 Å². The molecule has 0 aliphatic rings. The molecule has 0 spiro atoms. The smallest absolute Gasteiger partial charge is 0.337 e. The van der Waals surface area contributed by atoms with E-state index < -0.39 is 15.8 Å². The molecule has 1 heterocycles. The lowest BCUT2D eigenvalue weighted by Crippen LogP contribution is -2.05. The van der Waals surface area contributed by atoms with E-state index in [2.05, 4.69) is 4.98 Å². The lowest BCUT2D eigenvalue weighted by Gasteiger charge is -2.03. The summed E-state index contributed by atoms with van der Waals surface area (Å²) < 4.78 is 24.2. The van der Waals surface area contributed by atoms with Crippen molar-refractivity contribution in [1.29, 1.82) is 0 Å². The summed E-state index contributed by atoms with van der Waals surface area (Å²) in [6, 6.07) is 10.2. The summed E-state index contributed by atoms with van der Waals surface area (Å²) in [5.41, 5.74) is -0.0537. The summed E-state index contributed by atoms with van der Waals surface area (Å²) in [4.78, 5) is 14.4. The number of aromatic nitrogens is 1. The predicted octanol–water partition coefficient (Wildman–Crippen LogP) is 1.61. The Morgan fingerprint density at radius 2 is 1.72 bits per heavy atom. The molecule has 0 atom stereocenters. The molecule has 18 heavy (non-hydrogen) atoms. The number of hydrogen-bond acceptors (Lipinski definition) is 4. The molecule has 1 aromatic heterocycles. The lowest BCUT2D eigenvalue weighted by molar-refractivity contribution is 0.0696. The number of pyridine rings is 1. The Morgan fingerprint density at radius 1 is 1.06 bits per heavy atom. The summed E-state index contributed by atoms with van der Waals surface area (Å²) in [5.74, 6) is -1.15. The number of rotatable bonds is 3. The Morgan fingerprint density at radius 3 is 2.22 bits per heavy atom. The highest BCUT2D eigenvalue weighted by Gasteiger charge is 2.19. The van der Waals surface area contributed by atoms with Gasteiger partial charge in [-0.1, -0.05) is 18.2 Å². The fourth-order valence-corrected chi connectivity index (χ4v) is 2.58. The molecule has 2 rings (SSSR count). The van der Waals surface area contributed by atoms with Crippen molar-refractivity contribution in [2.45, 2.75) is 9.92 Å². The topological polar surface area (TPSA) is 84.3 Å². The van der Waals surface area contributed by atoms with Crippen LogP contribution in [0.4, 0.5) is 0 Å². The van der Waals surface area contributed by atoms with Gasteiger partial charge in [-0.05, 0) is 24.3 Å². The number of benzene rings is 1. The maximum atomic E-state index is 12.1. The van der Waals surface area contributed by atoms with Crippen molar-refractivity contribution < 1.29 is 18.3 Å². The van der Waals surface area contributed by atoms with E-state index in [-0.39, 0.29) is 15.5 Å². The Labute approximate surface area is 104 Å². The molecule has 0 bridgehead atoms. The summed E-state index contributed by atoms with van der Waals surface area (Å²) in [6.07, 6.45) is 1.03. The van der Waals surface area contributed by atoms with Gasteiger partial charge >= 0.3 is 5.97 Å². The molecule has 5 nitrogen and oxygen atoms in total. The van der Waals surface area contributed by atoms with Gasteiger partial charge in [0.15, 0.2) is 5.03 Å². The molecule has 1 N–H and O–H groups in total. The van der Waals surface area contributed by atoms with E-state index in [1.54, 1.807) is 18.2 Å². The second-order valence-electron chi connectivity index (χ2n) is 3.51. The fourth-order valence-electron chi connectivity index (χ4n) is 1.39. The van der Waals surface area contributed by atoms with E-state index >= 15 is 0 Å². The first-order chi connectivity index (χ1) is 8.51. The molecule has 2 aromatic rings. The molecular weight excluding hydrogens is 254 g/mol. The van der Waals surface area contributed by atoms with Gasteiger partial charge in [-0.15, -0.1) is 0 Å². The Balaban J connectivity index is 2.46. The molecule has 0 fully saturated rings. The van der Waals surface area contributed by atoms with Crippen LogP contribution in [0.5, 0.6) is 0 Å². The van der Waals surface area contributed by atoms with Crippen LogP contribution in [-0.4, -0.2) is 24.5 Å².